The zero-order valence-electron chi connectivity index (χ0n) is 17.6. The normalized spacial score (nSPS) is 12.4. The van der Waals surface area contributed by atoms with Crippen molar-refractivity contribution in [3.05, 3.63) is 66.1 Å². The highest BCUT2D eigenvalue weighted by Gasteiger charge is 2.06. The third kappa shape index (κ3) is 7.24. The van der Waals surface area contributed by atoms with Crippen LogP contribution in [0, 0.1) is 0 Å². The number of aliphatic imine (C=N–C) groups is 1. The Morgan fingerprint density at radius 3 is 2.53 bits per heavy atom. The van der Waals surface area contributed by atoms with Gasteiger partial charge in [-0.3, -0.25) is 9.39 Å². The van der Waals surface area contributed by atoms with Crippen molar-refractivity contribution >= 4 is 35.6 Å². The van der Waals surface area contributed by atoms with Crippen molar-refractivity contribution in [3.63, 3.8) is 0 Å². The van der Waals surface area contributed by atoms with E-state index >= 15 is 0 Å². The molecule has 3 aromatic rings. The number of fused-ring (bicyclic) bond motifs is 1. The summed E-state index contributed by atoms with van der Waals surface area (Å²) in [6.07, 6.45) is 4.85. The van der Waals surface area contributed by atoms with Crippen LogP contribution in [0.3, 0.4) is 0 Å². The number of aryl methyl sites for hydroxylation is 1. The molecule has 162 valence electrons. The van der Waals surface area contributed by atoms with Gasteiger partial charge in [-0.1, -0.05) is 36.4 Å². The standard InChI is InChI=1S/C22H30N6O.HI/c1-18(19-10-4-3-5-11-19)29-17-9-15-25-22(23-2)24-14-8-13-21-27-26-20-12-6-7-16-28(20)21;/h3-7,10-12,16,18H,8-9,13-15,17H2,1-2H3,(H2,23,24,25);1H. The van der Waals surface area contributed by atoms with Crippen molar-refractivity contribution in [1.29, 1.82) is 0 Å². The fourth-order valence-corrected chi connectivity index (χ4v) is 3.09. The molecular weight excluding hydrogens is 491 g/mol. The summed E-state index contributed by atoms with van der Waals surface area (Å²) in [5.74, 6) is 1.79. The minimum atomic E-state index is 0. The predicted octanol–water partition coefficient (Wildman–Crippen LogP) is 3.61. The minimum absolute atomic E-state index is 0. The van der Waals surface area contributed by atoms with Crippen molar-refractivity contribution in [2.24, 2.45) is 4.99 Å². The monoisotopic (exact) mass is 522 g/mol. The van der Waals surface area contributed by atoms with E-state index in [1.807, 2.05) is 47.0 Å². The van der Waals surface area contributed by atoms with Crippen LogP contribution in [0.2, 0.25) is 0 Å². The molecule has 1 atom stereocenters. The molecule has 0 aliphatic heterocycles. The zero-order chi connectivity index (χ0) is 20.3. The van der Waals surface area contributed by atoms with E-state index in [1.54, 1.807) is 7.05 Å². The number of nitrogens with one attached hydrogen (secondary N) is 2. The Labute approximate surface area is 195 Å². The molecule has 0 aliphatic rings. The average molecular weight is 522 g/mol. The predicted molar refractivity (Wildman–Crippen MR) is 132 cm³/mol. The van der Waals surface area contributed by atoms with E-state index in [4.69, 9.17) is 4.74 Å². The summed E-state index contributed by atoms with van der Waals surface area (Å²) >= 11 is 0. The van der Waals surface area contributed by atoms with Gasteiger partial charge in [0, 0.05) is 39.4 Å². The molecule has 0 saturated carbocycles. The molecule has 2 aromatic heterocycles. The van der Waals surface area contributed by atoms with Gasteiger partial charge in [-0.2, -0.15) is 0 Å². The first-order chi connectivity index (χ1) is 14.3. The highest BCUT2D eigenvalue weighted by atomic mass is 127. The van der Waals surface area contributed by atoms with Crippen LogP contribution in [0.1, 0.15) is 37.3 Å². The summed E-state index contributed by atoms with van der Waals surface area (Å²) in [6.45, 7) is 4.43. The van der Waals surface area contributed by atoms with E-state index in [2.05, 4.69) is 44.9 Å². The summed E-state index contributed by atoms with van der Waals surface area (Å²) in [7, 11) is 1.79. The van der Waals surface area contributed by atoms with Gasteiger partial charge >= 0.3 is 0 Å². The van der Waals surface area contributed by atoms with Crippen molar-refractivity contribution in [2.45, 2.75) is 32.3 Å². The molecule has 0 fully saturated rings. The van der Waals surface area contributed by atoms with Gasteiger partial charge in [-0.05, 0) is 37.5 Å². The maximum Gasteiger partial charge on any atom is 0.190 e. The fourth-order valence-electron chi connectivity index (χ4n) is 3.09. The smallest absolute Gasteiger partial charge is 0.190 e. The number of hydrogen-bond acceptors (Lipinski definition) is 4. The van der Waals surface area contributed by atoms with Crippen molar-refractivity contribution in [1.82, 2.24) is 25.2 Å². The van der Waals surface area contributed by atoms with Gasteiger partial charge in [0.15, 0.2) is 11.6 Å². The van der Waals surface area contributed by atoms with Gasteiger partial charge in [0.25, 0.3) is 0 Å². The molecule has 1 aromatic carbocycles. The molecule has 0 spiro atoms. The highest BCUT2D eigenvalue weighted by molar-refractivity contribution is 14.0. The topological polar surface area (TPSA) is 75.8 Å². The van der Waals surface area contributed by atoms with Gasteiger partial charge in [0.2, 0.25) is 0 Å². The number of halogens is 1. The lowest BCUT2D eigenvalue weighted by Gasteiger charge is -2.14. The lowest BCUT2D eigenvalue weighted by atomic mass is 10.1. The van der Waals surface area contributed by atoms with Gasteiger partial charge in [0.05, 0.1) is 6.10 Å². The second-order valence-corrected chi connectivity index (χ2v) is 6.85. The first-order valence-electron chi connectivity index (χ1n) is 10.2. The van der Waals surface area contributed by atoms with Gasteiger partial charge in [-0.15, -0.1) is 34.2 Å². The van der Waals surface area contributed by atoms with E-state index in [9.17, 15) is 0 Å². The number of guanidine groups is 1. The Balaban J connectivity index is 0.00000320. The van der Waals surface area contributed by atoms with Crippen molar-refractivity contribution < 1.29 is 4.74 Å². The number of pyridine rings is 1. The molecule has 8 heteroatoms. The molecule has 30 heavy (non-hydrogen) atoms. The largest absolute Gasteiger partial charge is 0.374 e. The molecule has 2 heterocycles. The number of rotatable bonds is 10. The molecular formula is C22H31IN6O. The van der Waals surface area contributed by atoms with Gasteiger partial charge < -0.3 is 15.4 Å². The lowest BCUT2D eigenvalue weighted by molar-refractivity contribution is 0.0646. The molecule has 0 amide bonds. The van der Waals surface area contributed by atoms with Crippen LogP contribution >= 0.6 is 24.0 Å². The Bertz CT molecular complexity index is 899. The maximum atomic E-state index is 5.90. The minimum Gasteiger partial charge on any atom is -0.374 e. The summed E-state index contributed by atoms with van der Waals surface area (Å²) in [5.41, 5.74) is 2.09. The van der Waals surface area contributed by atoms with E-state index in [-0.39, 0.29) is 30.1 Å². The van der Waals surface area contributed by atoms with Crippen LogP contribution in [0.15, 0.2) is 59.7 Å². The van der Waals surface area contributed by atoms with E-state index in [0.29, 0.717) is 6.61 Å². The Hall–Kier alpha value is -2.20. The summed E-state index contributed by atoms with van der Waals surface area (Å²) in [5, 5.41) is 15.1. The maximum absolute atomic E-state index is 5.90. The molecule has 2 N–H and O–H groups in total. The Kier molecular flexibility index (Phi) is 10.6. The average Bonchev–Trinajstić information content (AvgIpc) is 3.18. The zero-order valence-corrected chi connectivity index (χ0v) is 20.0. The van der Waals surface area contributed by atoms with E-state index in [0.717, 1.165) is 49.8 Å². The van der Waals surface area contributed by atoms with E-state index in [1.165, 1.54) is 5.56 Å². The van der Waals surface area contributed by atoms with Crippen LogP contribution in [-0.2, 0) is 11.2 Å². The number of aromatic nitrogens is 3. The molecule has 0 saturated heterocycles. The molecule has 3 rings (SSSR count). The number of nitrogens with zero attached hydrogens (tertiary/aromatic N) is 4. The van der Waals surface area contributed by atoms with E-state index < -0.39 is 0 Å². The fraction of sp³-hybridized carbons (Fsp3) is 0.409. The summed E-state index contributed by atoms with van der Waals surface area (Å²) in [6, 6.07) is 16.2. The molecule has 0 radical (unpaired) electrons. The lowest BCUT2D eigenvalue weighted by Crippen LogP contribution is -2.38. The first kappa shape index (κ1) is 24.1. The number of ether oxygens (including phenoxy) is 1. The second-order valence-electron chi connectivity index (χ2n) is 6.85. The first-order valence-corrected chi connectivity index (χ1v) is 10.2. The molecule has 7 nitrogen and oxygen atoms in total. The van der Waals surface area contributed by atoms with Crippen LogP contribution in [0.5, 0.6) is 0 Å². The molecule has 0 bridgehead atoms. The number of hydrogen-bond donors (Lipinski definition) is 2. The number of benzene rings is 1. The Morgan fingerprint density at radius 1 is 1.03 bits per heavy atom. The third-order valence-corrected chi connectivity index (χ3v) is 4.73. The van der Waals surface area contributed by atoms with Gasteiger partial charge in [-0.25, -0.2) is 0 Å². The SMILES string of the molecule is CN=C(NCCCOC(C)c1ccccc1)NCCCc1nnc2ccccn12.I. The van der Waals surface area contributed by atoms with Crippen LogP contribution in [0.4, 0.5) is 0 Å². The van der Waals surface area contributed by atoms with Crippen LogP contribution in [-0.4, -0.2) is 47.3 Å². The van der Waals surface area contributed by atoms with Crippen LogP contribution in [0.25, 0.3) is 5.65 Å². The van der Waals surface area contributed by atoms with Gasteiger partial charge in [0.1, 0.15) is 5.82 Å². The second kappa shape index (κ2) is 13.2. The molecule has 1 unspecified atom stereocenters. The quantitative estimate of drug-likeness (QED) is 0.184. The molecule has 0 aliphatic carbocycles. The highest BCUT2D eigenvalue weighted by Crippen LogP contribution is 2.15. The van der Waals surface area contributed by atoms with Crippen molar-refractivity contribution in [3.8, 4) is 0 Å². The van der Waals surface area contributed by atoms with Crippen LogP contribution < -0.4 is 10.6 Å². The third-order valence-electron chi connectivity index (χ3n) is 4.73. The Morgan fingerprint density at radius 2 is 1.77 bits per heavy atom. The summed E-state index contributed by atoms with van der Waals surface area (Å²) < 4.78 is 7.93. The van der Waals surface area contributed by atoms with Crippen molar-refractivity contribution in [2.75, 3.05) is 26.7 Å². The summed E-state index contributed by atoms with van der Waals surface area (Å²) in [4.78, 5) is 4.27.